The van der Waals surface area contributed by atoms with Crippen LogP contribution in [0.5, 0.6) is 0 Å². The van der Waals surface area contributed by atoms with E-state index in [2.05, 4.69) is 30.6 Å². The second kappa shape index (κ2) is 7.26. The Morgan fingerprint density at radius 1 is 1.04 bits per heavy atom. The predicted molar refractivity (Wildman–Crippen MR) is 98.6 cm³/mol. The molecule has 0 fully saturated rings. The lowest BCUT2D eigenvalue weighted by Gasteiger charge is -2.12. The van der Waals surface area contributed by atoms with E-state index in [1.807, 2.05) is 18.2 Å². The van der Waals surface area contributed by atoms with Gasteiger partial charge in [-0.3, -0.25) is 9.78 Å². The van der Waals surface area contributed by atoms with E-state index in [0.29, 0.717) is 11.6 Å². The average molecular weight is 346 g/mol. The van der Waals surface area contributed by atoms with Gasteiger partial charge in [-0.1, -0.05) is 6.07 Å². The van der Waals surface area contributed by atoms with Gasteiger partial charge < -0.3 is 10.6 Å². The number of carbonyl (C=O) groups is 1. The molecule has 0 radical (unpaired) electrons. The number of carbonyl (C=O) groups excluding carboxylic acids is 1. The lowest BCUT2D eigenvalue weighted by Crippen LogP contribution is -2.23. The molecule has 1 aliphatic carbocycles. The lowest BCUT2D eigenvalue weighted by molar-refractivity contribution is -0.114. The van der Waals surface area contributed by atoms with Crippen LogP contribution in [0.1, 0.15) is 17.7 Å². The monoisotopic (exact) mass is 346 g/mol. The van der Waals surface area contributed by atoms with Gasteiger partial charge in [-0.05, 0) is 43.5 Å². The van der Waals surface area contributed by atoms with E-state index in [9.17, 15) is 4.79 Å². The summed E-state index contributed by atoms with van der Waals surface area (Å²) >= 11 is 0. The Labute approximate surface area is 151 Å². The maximum absolute atomic E-state index is 12.2. The molecule has 7 heteroatoms. The Bertz CT molecular complexity index is 914. The highest BCUT2D eigenvalue weighted by molar-refractivity contribution is 5.92. The summed E-state index contributed by atoms with van der Waals surface area (Å²) in [5.41, 5.74) is 3.07. The molecule has 7 nitrogen and oxygen atoms in total. The molecule has 4 rings (SSSR count). The number of nitrogens with one attached hydrogen (secondary N) is 2. The van der Waals surface area contributed by atoms with Crippen molar-refractivity contribution in [3.05, 3.63) is 60.2 Å². The number of fused-ring (bicyclic) bond motifs is 1. The van der Waals surface area contributed by atoms with Crippen molar-refractivity contribution in [3.63, 3.8) is 0 Å². The summed E-state index contributed by atoms with van der Waals surface area (Å²) in [4.78, 5) is 29.6. The standard InChI is InChI=1S/C19H18N6O/c26-17(24-16-6-1-2-9-21-16)12-22-19-14-4-3-5-15(14)23-18(25-19)13-7-10-20-11-8-13/h1-2,6-11H,3-5,12H2,(H,21,24,26)(H,22,23,25). The zero-order chi connectivity index (χ0) is 17.8. The SMILES string of the molecule is O=C(CNc1nc(-c2ccncc2)nc2c1CCC2)Nc1ccccn1. The van der Waals surface area contributed by atoms with Gasteiger partial charge in [0.25, 0.3) is 0 Å². The topological polar surface area (TPSA) is 92.7 Å². The van der Waals surface area contributed by atoms with Gasteiger partial charge in [-0.2, -0.15) is 0 Å². The van der Waals surface area contributed by atoms with Gasteiger partial charge in [-0.25, -0.2) is 15.0 Å². The van der Waals surface area contributed by atoms with Crippen LogP contribution in [0.4, 0.5) is 11.6 Å². The molecule has 0 bridgehead atoms. The van der Waals surface area contributed by atoms with Gasteiger partial charge in [0.15, 0.2) is 5.82 Å². The number of amides is 1. The molecule has 3 heterocycles. The molecule has 2 N–H and O–H groups in total. The minimum atomic E-state index is -0.167. The fraction of sp³-hybridized carbons (Fsp3) is 0.211. The number of hydrogen-bond acceptors (Lipinski definition) is 6. The number of nitrogens with zero attached hydrogens (tertiary/aromatic N) is 4. The zero-order valence-corrected chi connectivity index (χ0v) is 14.1. The first kappa shape index (κ1) is 16.1. The van der Waals surface area contributed by atoms with E-state index in [4.69, 9.17) is 0 Å². The number of hydrogen-bond donors (Lipinski definition) is 2. The van der Waals surface area contributed by atoms with Crippen molar-refractivity contribution in [1.29, 1.82) is 0 Å². The first-order chi connectivity index (χ1) is 12.8. The van der Waals surface area contributed by atoms with Crippen LogP contribution >= 0.6 is 0 Å². The third-order valence-corrected chi connectivity index (χ3v) is 4.22. The highest BCUT2D eigenvalue weighted by atomic mass is 16.2. The highest BCUT2D eigenvalue weighted by Crippen LogP contribution is 2.28. The van der Waals surface area contributed by atoms with E-state index in [1.54, 1.807) is 30.7 Å². The Hall–Kier alpha value is -3.35. The van der Waals surface area contributed by atoms with Crippen molar-refractivity contribution >= 4 is 17.5 Å². The molecule has 130 valence electrons. The average Bonchev–Trinajstić information content (AvgIpc) is 3.16. The van der Waals surface area contributed by atoms with Gasteiger partial charge >= 0.3 is 0 Å². The number of aromatic nitrogens is 4. The fourth-order valence-electron chi connectivity index (χ4n) is 3.00. The van der Waals surface area contributed by atoms with Gasteiger partial charge in [0, 0.05) is 35.4 Å². The molecule has 0 aromatic carbocycles. The minimum absolute atomic E-state index is 0.121. The van der Waals surface area contributed by atoms with Crippen LogP contribution in [0.2, 0.25) is 0 Å². The summed E-state index contributed by atoms with van der Waals surface area (Å²) in [5.74, 6) is 1.75. The second-order valence-electron chi connectivity index (χ2n) is 6.03. The molecule has 0 aliphatic heterocycles. The quantitative estimate of drug-likeness (QED) is 0.737. The Balaban J connectivity index is 1.52. The molecule has 3 aromatic rings. The molecule has 0 saturated heterocycles. The Kier molecular flexibility index (Phi) is 4.51. The zero-order valence-electron chi connectivity index (χ0n) is 14.1. The maximum atomic E-state index is 12.2. The molecule has 0 spiro atoms. The number of aryl methyl sites for hydroxylation is 1. The third-order valence-electron chi connectivity index (χ3n) is 4.22. The lowest BCUT2D eigenvalue weighted by atomic mass is 10.2. The Morgan fingerprint density at radius 3 is 2.73 bits per heavy atom. The Morgan fingerprint density at radius 2 is 1.92 bits per heavy atom. The normalized spacial score (nSPS) is 12.5. The van der Waals surface area contributed by atoms with Crippen LogP contribution in [0.3, 0.4) is 0 Å². The van der Waals surface area contributed by atoms with Crippen molar-refractivity contribution in [1.82, 2.24) is 19.9 Å². The summed E-state index contributed by atoms with van der Waals surface area (Å²) in [7, 11) is 0. The van der Waals surface area contributed by atoms with E-state index in [0.717, 1.165) is 41.9 Å². The van der Waals surface area contributed by atoms with Crippen LogP contribution < -0.4 is 10.6 Å². The number of pyridine rings is 2. The van der Waals surface area contributed by atoms with Crippen LogP contribution in [0.15, 0.2) is 48.9 Å². The predicted octanol–water partition coefficient (Wildman–Crippen LogP) is 2.47. The first-order valence-electron chi connectivity index (χ1n) is 8.54. The molecule has 0 unspecified atom stereocenters. The van der Waals surface area contributed by atoms with E-state index in [-0.39, 0.29) is 12.5 Å². The fourth-order valence-corrected chi connectivity index (χ4v) is 3.00. The van der Waals surface area contributed by atoms with Gasteiger partial charge in [0.2, 0.25) is 5.91 Å². The largest absolute Gasteiger partial charge is 0.361 e. The third kappa shape index (κ3) is 3.51. The molecular weight excluding hydrogens is 328 g/mol. The van der Waals surface area contributed by atoms with Crippen LogP contribution in [0, 0.1) is 0 Å². The molecular formula is C19H18N6O. The van der Waals surface area contributed by atoms with Gasteiger partial charge in [-0.15, -0.1) is 0 Å². The van der Waals surface area contributed by atoms with Crippen molar-refractivity contribution in [3.8, 4) is 11.4 Å². The first-order valence-corrected chi connectivity index (χ1v) is 8.54. The molecule has 0 atom stereocenters. The summed E-state index contributed by atoms with van der Waals surface area (Å²) in [6, 6.07) is 9.15. The molecule has 1 aliphatic rings. The van der Waals surface area contributed by atoms with Crippen LogP contribution in [-0.4, -0.2) is 32.4 Å². The molecule has 1 amide bonds. The van der Waals surface area contributed by atoms with Crippen LogP contribution in [0.25, 0.3) is 11.4 Å². The van der Waals surface area contributed by atoms with E-state index in [1.165, 1.54) is 0 Å². The van der Waals surface area contributed by atoms with Crippen molar-refractivity contribution in [2.24, 2.45) is 0 Å². The van der Waals surface area contributed by atoms with Crippen molar-refractivity contribution < 1.29 is 4.79 Å². The van der Waals surface area contributed by atoms with Crippen molar-refractivity contribution in [2.75, 3.05) is 17.2 Å². The molecule has 3 aromatic heterocycles. The summed E-state index contributed by atoms with van der Waals surface area (Å²) in [6.07, 6.45) is 8.00. The highest BCUT2D eigenvalue weighted by Gasteiger charge is 2.20. The van der Waals surface area contributed by atoms with Crippen molar-refractivity contribution in [2.45, 2.75) is 19.3 Å². The second-order valence-corrected chi connectivity index (χ2v) is 6.03. The summed E-state index contributed by atoms with van der Waals surface area (Å²) in [6.45, 7) is 0.121. The molecule has 0 saturated carbocycles. The van der Waals surface area contributed by atoms with E-state index >= 15 is 0 Å². The van der Waals surface area contributed by atoms with Crippen LogP contribution in [-0.2, 0) is 17.6 Å². The minimum Gasteiger partial charge on any atom is -0.361 e. The van der Waals surface area contributed by atoms with Gasteiger partial charge in [0.05, 0.1) is 6.54 Å². The number of rotatable bonds is 5. The maximum Gasteiger partial charge on any atom is 0.244 e. The smallest absolute Gasteiger partial charge is 0.244 e. The molecule has 26 heavy (non-hydrogen) atoms. The van der Waals surface area contributed by atoms with Gasteiger partial charge in [0.1, 0.15) is 11.6 Å². The summed E-state index contributed by atoms with van der Waals surface area (Å²) in [5, 5.41) is 5.93. The number of anilines is 2. The summed E-state index contributed by atoms with van der Waals surface area (Å²) < 4.78 is 0. The van der Waals surface area contributed by atoms with E-state index < -0.39 is 0 Å².